The molecular formula is C19H29N3O3S. The van der Waals surface area contributed by atoms with E-state index in [4.69, 9.17) is 4.74 Å². The Morgan fingerprint density at radius 1 is 1.27 bits per heavy atom. The van der Waals surface area contributed by atoms with Crippen LogP contribution in [0.2, 0.25) is 0 Å². The van der Waals surface area contributed by atoms with Crippen molar-refractivity contribution in [2.75, 3.05) is 26.2 Å². The van der Waals surface area contributed by atoms with Gasteiger partial charge in [-0.1, -0.05) is 6.92 Å². The van der Waals surface area contributed by atoms with Gasteiger partial charge in [0.25, 0.3) is 0 Å². The number of carbonyl (C=O) groups excluding carboxylic acids is 2. The van der Waals surface area contributed by atoms with Crippen LogP contribution in [-0.4, -0.2) is 58.6 Å². The van der Waals surface area contributed by atoms with Crippen molar-refractivity contribution in [1.82, 2.24) is 14.8 Å². The summed E-state index contributed by atoms with van der Waals surface area (Å²) < 4.78 is 5.39. The van der Waals surface area contributed by atoms with E-state index in [1.807, 2.05) is 44.2 Å². The molecule has 2 amide bonds. The first-order valence-electron chi connectivity index (χ1n) is 9.40. The normalized spacial score (nSPS) is 22.7. The molecule has 2 saturated heterocycles. The van der Waals surface area contributed by atoms with Crippen molar-refractivity contribution in [1.29, 1.82) is 0 Å². The molecule has 1 aromatic heterocycles. The van der Waals surface area contributed by atoms with Gasteiger partial charge in [-0.2, -0.15) is 0 Å². The standard InChI is InChI=1S/C19H29N3O3S/c1-13(15-11-22(12-15)18(24)25-19(2,3)4)17(23)21-8-5-6-14(10-21)16-20-7-9-26-16/h7,9,13-15H,5-6,8,10-12H2,1-4H3. The SMILES string of the molecule is CC(C(=O)N1CCCC(c2nccs2)C1)C1CN(C(=O)OC(C)(C)C)C1. The van der Waals surface area contributed by atoms with Crippen molar-refractivity contribution in [2.24, 2.45) is 11.8 Å². The van der Waals surface area contributed by atoms with Gasteiger partial charge in [-0.25, -0.2) is 9.78 Å². The highest BCUT2D eigenvalue weighted by Crippen LogP contribution is 2.31. The minimum Gasteiger partial charge on any atom is -0.444 e. The molecule has 0 N–H and O–H groups in total. The number of carbonyl (C=O) groups is 2. The maximum Gasteiger partial charge on any atom is 0.410 e. The first kappa shape index (κ1) is 19.1. The Kier molecular flexibility index (Phi) is 5.55. The predicted molar refractivity (Wildman–Crippen MR) is 101 cm³/mol. The van der Waals surface area contributed by atoms with Gasteiger partial charge in [-0.05, 0) is 33.6 Å². The highest BCUT2D eigenvalue weighted by atomic mass is 32.1. The minimum absolute atomic E-state index is 0.0660. The molecule has 3 rings (SSSR count). The van der Waals surface area contributed by atoms with Crippen LogP contribution in [0.25, 0.3) is 0 Å². The molecule has 26 heavy (non-hydrogen) atoms. The summed E-state index contributed by atoms with van der Waals surface area (Å²) in [5, 5.41) is 3.13. The average molecular weight is 380 g/mol. The van der Waals surface area contributed by atoms with E-state index in [1.54, 1.807) is 16.2 Å². The van der Waals surface area contributed by atoms with Gasteiger partial charge >= 0.3 is 6.09 Å². The second-order valence-electron chi connectivity index (χ2n) is 8.43. The summed E-state index contributed by atoms with van der Waals surface area (Å²) in [5.41, 5.74) is -0.484. The van der Waals surface area contributed by atoms with Crippen molar-refractivity contribution in [3.8, 4) is 0 Å². The molecule has 0 spiro atoms. The van der Waals surface area contributed by atoms with Crippen molar-refractivity contribution in [2.45, 2.75) is 52.1 Å². The van der Waals surface area contributed by atoms with Crippen LogP contribution in [0.5, 0.6) is 0 Å². The van der Waals surface area contributed by atoms with Crippen molar-refractivity contribution < 1.29 is 14.3 Å². The van der Waals surface area contributed by atoms with Crippen LogP contribution in [0, 0.1) is 11.8 Å². The minimum atomic E-state index is -0.484. The highest BCUT2D eigenvalue weighted by Gasteiger charge is 2.40. The highest BCUT2D eigenvalue weighted by molar-refractivity contribution is 7.09. The van der Waals surface area contributed by atoms with Crippen LogP contribution < -0.4 is 0 Å². The molecule has 2 aliphatic heterocycles. The Morgan fingerprint density at radius 2 is 2.00 bits per heavy atom. The fraction of sp³-hybridized carbons (Fsp3) is 0.737. The topological polar surface area (TPSA) is 62.7 Å². The summed E-state index contributed by atoms with van der Waals surface area (Å²) in [6.45, 7) is 10.4. The third kappa shape index (κ3) is 4.37. The molecule has 2 aliphatic rings. The first-order chi connectivity index (χ1) is 12.2. The Hall–Kier alpha value is -1.63. The summed E-state index contributed by atoms with van der Waals surface area (Å²) in [7, 11) is 0. The lowest BCUT2D eigenvalue weighted by molar-refractivity contribution is -0.140. The van der Waals surface area contributed by atoms with Gasteiger partial charge < -0.3 is 14.5 Å². The second kappa shape index (κ2) is 7.55. The first-order valence-corrected chi connectivity index (χ1v) is 10.3. The van der Waals surface area contributed by atoms with Crippen molar-refractivity contribution in [3.05, 3.63) is 16.6 Å². The van der Waals surface area contributed by atoms with E-state index in [0.717, 1.165) is 30.9 Å². The number of ether oxygens (including phenoxy) is 1. The Morgan fingerprint density at radius 3 is 2.62 bits per heavy atom. The lowest BCUT2D eigenvalue weighted by atomic mass is 9.85. The molecule has 6 nitrogen and oxygen atoms in total. The van der Waals surface area contributed by atoms with E-state index in [0.29, 0.717) is 19.0 Å². The fourth-order valence-corrected chi connectivity index (χ4v) is 4.38. The van der Waals surface area contributed by atoms with Crippen molar-refractivity contribution in [3.63, 3.8) is 0 Å². The second-order valence-corrected chi connectivity index (χ2v) is 9.35. The maximum atomic E-state index is 12.9. The number of aromatic nitrogens is 1. The number of hydrogen-bond acceptors (Lipinski definition) is 5. The Bertz CT molecular complexity index is 635. The largest absolute Gasteiger partial charge is 0.444 e. The molecule has 0 saturated carbocycles. The number of amides is 2. The van der Waals surface area contributed by atoms with Gasteiger partial charge in [0.1, 0.15) is 5.60 Å². The number of hydrogen-bond donors (Lipinski definition) is 0. The smallest absolute Gasteiger partial charge is 0.410 e. The van der Waals surface area contributed by atoms with Gasteiger partial charge in [0, 0.05) is 55.5 Å². The molecule has 2 unspecified atom stereocenters. The van der Waals surface area contributed by atoms with Crippen molar-refractivity contribution >= 4 is 23.3 Å². The van der Waals surface area contributed by atoms with Gasteiger partial charge in [0.2, 0.25) is 5.91 Å². The van der Waals surface area contributed by atoms with Crippen LogP contribution in [-0.2, 0) is 9.53 Å². The van der Waals surface area contributed by atoms with Gasteiger partial charge in [-0.15, -0.1) is 11.3 Å². The molecule has 1 aromatic rings. The number of piperidine rings is 1. The van der Waals surface area contributed by atoms with Gasteiger partial charge in [-0.3, -0.25) is 4.79 Å². The van der Waals surface area contributed by atoms with Crippen LogP contribution >= 0.6 is 11.3 Å². The molecule has 2 atom stereocenters. The zero-order valence-corrected chi connectivity index (χ0v) is 16.9. The maximum absolute atomic E-state index is 12.9. The number of rotatable bonds is 3. The monoisotopic (exact) mass is 379 g/mol. The van der Waals surface area contributed by atoms with Crippen LogP contribution in [0.3, 0.4) is 0 Å². The fourth-order valence-electron chi connectivity index (χ4n) is 3.61. The summed E-state index contributed by atoms with van der Waals surface area (Å²) in [4.78, 5) is 33.1. The number of likely N-dealkylation sites (tertiary alicyclic amines) is 2. The van der Waals surface area contributed by atoms with Crippen LogP contribution in [0.4, 0.5) is 4.79 Å². The predicted octanol–water partition coefficient (Wildman–Crippen LogP) is 3.35. The van der Waals surface area contributed by atoms with E-state index < -0.39 is 5.60 Å². The van der Waals surface area contributed by atoms with Crippen LogP contribution in [0.15, 0.2) is 11.6 Å². The quantitative estimate of drug-likeness (QED) is 0.808. The van der Waals surface area contributed by atoms with E-state index in [-0.39, 0.29) is 23.8 Å². The number of thiazole rings is 1. The Balaban J connectivity index is 1.50. The van der Waals surface area contributed by atoms with E-state index in [2.05, 4.69) is 4.98 Å². The zero-order valence-electron chi connectivity index (χ0n) is 16.1. The van der Waals surface area contributed by atoms with Crippen LogP contribution in [0.1, 0.15) is 51.5 Å². The van der Waals surface area contributed by atoms with E-state index in [1.165, 1.54) is 0 Å². The molecule has 3 heterocycles. The molecule has 0 aliphatic carbocycles. The average Bonchev–Trinajstić information content (AvgIpc) is 3.05. The molecule has 144 valence electrons. The zero-order chi connectivity index (χ0) is 18.9. The molecule has 0 radical (unpaired) electrons. The van der Waals surface area contributed by atoms with E-state index >= 15 is 0 Å². The lowest BCUT2D eigenvalue weighted by Crippen LogP contribution is -2.56. The summed E-state index contributed by atoms with van der Waals surface area (Å²) in [5.74, 6) is 0.721. The summed E-state index contributed by atoms with van der Waals surface area (Å²) in [6.07, 6.45) is 3.68. The summed E-state index contributed by atoms with van der Waals surface area (Å²) >= 11 is 1.67. The van der Waals surface area contributed by atoms with Gasteiger partial charge in [0.15, 0.2) is 0 Å². The molecule has 2 fully saturated rings. The third-order valence-corrected chi connectivity index (χ3v) is 6.13. The molecular weight excluding hydrogens is 350 g/mol. The summed E-state index contributed by atoms with van der Waals surface area (Å²) in [6, 6.07) is 0. The molecule has 0 bridgehead atoms. The number of nitrogens with zero attached hydrogens (tertiary/aromatic N) is 3. The lowest BCUT2D eigenvalue weighted by Gasteiger charge is -2.43. The molecule has 7 heteroatoms. The van der Waals surface area contributed by atoms with E-state index in [9.17, 15) is 9.59 Å². The van der Waals surface area contributed by atoms with Gasteiger partial charge in [0.05, 0.1) is 5.01 Å². The molecule has 0 aromatic carbocycles. The third-order valence-electron chi connectivity index (χ3n) is 5.19. The Labute approximate surface area is 159 Å².